The van der Waals surface area contributed by atoms with Crippen molar-refractivity contribution in [2.24, 2.45) is 0 Å². The summed E-state index contributed by atoms with van der Waals surface area (Å²) in [7, 11) is 0. The molecule has 0 unspecified atom stereocenters. The Kier molecular flexibility index (Phi) is 3.67. The number of benzene rings is 1. The number of carbonyl (C=O) groups excluding carboxylic acids is 1. The molecule has 70 valence electrons. The molecule has 0 aliphatic rings. The van der Waals surface area contributed by atoms with E-state index in [0.29, 0.717) is 14.7 Å². The third kappa shape index (κ3) is 2.20. The Hall–Kier alpha value is -0.160. The molecule has 0 heterocycles. The Morgan fingerprint density at radius 2 is 2.23 bits per heavy atom. The number of halogens is 3. The van der Waals surface area contributed by atoms with E-state index in [0.717, 1.165) is 0 Å². The van der Waals surface area contributed by atoms with Crippen molar-refractivity contribution >= 4 is 40.0 Å². The van der Waals surface area contributed by atoms with E-state index in [1.807, 2.05) is 22.6 Å². The molecule has 0 spiro atoms. The lowest BCUT2D eigenvalue weighted by molar-refractivity contribution is 0.102. The standard InChI is InChI=1S/C9H7ClFIO/c1-5-7(11)3-2-6(9(5)12)8(13)4-10/h2-3H,4H2,1H3. The number of rotatable bonds is 2. The largest absolute Gasteiger partial charge is 0.293 e. The van der Waals surface area contributed by atoms with Gasteiger partial charge in [0.1, 0.15) is 5.82 Å². The van der Waals surface area contributed by atoms with Gasteiger partial charge in [-0.3, -0.25) is 4.79 Å². The fourth-order valence-corrected chi connectivity index (χ4v) is 1.83. The smallest absolute Gasteiger partial charge is 0.178 e. The van der Waals surface area contributed by atoms with Crippen molar-refractivity contribution in [2.75, 3.05) is 5.88 Å². The molecule has 1 aromatic carbocycles. The van der Waals surface area contributed by atoms with Crippen LogP contribution in [-0.4, -0.2) is 11.7 Å². The second-order valence-corrected chi connectivity index (χ2v) is 3.94. The summed E-state index contributed by atoms with van der Waals surface area (Å²) in [6.45, 7) is 1.64. The lowest BCUT2D eigenvalue weighted by atomic mass is 10.1. The van der Waals surface area contributed by atoms with E-state index in [4.69, 9.17) is 11.6 Å². The monoisotopic (exact) mass is 312 g/mol. The average molecular weight is 313 g/mol. The second-order valence-electron chi connectivity index (χ2n) is 2.59. The average Bonchev–Trinajstić information content (AvgIpc) is 2.13. The molecular formula is C9H7ClFIO. The van der Waals surface area contributed by atoms with Crippen LogP contribution in [0.15, 0.2) is 12.1 Å². The van der Waals surface area contributed by atoms with Gasteiger partial charge < -0.3 is 0 Å². The summed E-state index contributed by atoms with van der Waals surface area (Å²) in [6, 6.07) is 2.76. The summed E-state index contributed by atoms with van der Waals surface area (Å²) in [4.78, 5) is 11.2. The van der Waals surface area contributed by atoms with Gasteiger partial charge in [-0.05, 0) is 47.2 Å². The lowest BCUT2D eigenvalue weighted by Gasteiger charge is -2.05. The van der Waals surface area contributed by atoms with Crippen molar-refractivity contribution in [1.29, 1.82) is 0 Å². The van der Waals surface area contributed by atoms with Crippen LogP contribution in [0.3, 0.4) is 0 Å². The van der Waals surface area contributed by atoms with E-state index in [2.05, 4.69) is 0 Å². The first-order valence-electron chi connectivity index (χ1n) is 3.61. The number of hydrogen-bond acceptors (Lipinski definition) is 1. The van der Waals surface area contributed by atoms with Gasteiger partial charge in [-0.15, -0.1) is 11.6 Å². The first-order valence-corrected chi connectivity index (χ1v) is 5.23. The zero-order valence-electron chi connectivity index (χ0n) is 6.90. The van der Waals surface area contributed by atoms with Crippen molar-refractivity contribution in [3.63, 3.8) is 0 Å². The van der Waals surface area contributed by atoms with Gasteiger partial charge in [0.25, 0.3) is 0 Å². The third-order valence-corrected chi connectivity index (χ3v) is 3.37. The predicted molar refractivity (Wildman–Crippen MR) is 58.9 cm³/mol. The molecule has 0 saturated heterocycles. The Balaban J connectivity index is 3.26. The molecule has 0 atom stereocenters. The van der Waals surface area contributed by atoms with Crippen LogP contribution in [0.1, 0.15) is 15.9 Å². The lowest BCUT2D eigenvalue weighted by Crippen LogP contribution is -2.05. The molecule has 0 bridgehead atoms. The van der Waals surface area contributed by atoms with Crippen LogP contribution in [0.4, 0.5) is 4.39 Å². The highest BCUT2D eigenvalue weighted by Gasteiger charge is 2.12. The molecule has 0 radical (unpaired) electrons. The summed E-state index contributed by atoms with van der Waals surface area (Å²) in [5.74, 6) is -0.536. The van der Waals surface area contributed by atoms with E-state index in [9.17, 15) is 9.18 Å². The highest BCUT2D eigenvalue weighted by Crippen LogP contribution is 2.20. The normalized spacial score (nSPS) is 10.2. The Labute approximate surface area is 94.4 Å². The summed E-state index contributed by atoms with van der Waals surface area (Å²) in [5, 5.41) is 0. The van der Waals surface area contributed by atoms with Crippen molar-refractivity contribution in [1.82, 2.24) is 0 Å². The van der Waals surface area contributed by atoms with E-state index in [-0.39, 0.29) is 17.5 Å². The number of alkyl halides is 1. The first kappa shape index (κ1) is 10.9. The molecule has 0 N–H and O–H groups in total. The molecule has 0 aliphatic heterocycles. The minimum absolute atomic E-state index is 0.0684. The molecule has 0 saturated carbocycles. The number of carbonyl (C=O) groups is 1. The van der Waals surface area contributed by atoms with Gasteiger partial charge in [0.2, 0.25) is 0 Å². The minimum atomic E-state index is -0.296. The van der Waals surface area contributed by atoms with E-state index < -0.39 is 0 Å². The molecule has 13 heavy (non-hydrogen) atoms. The van der Waals surface area contributed by atoms with Crippen LogP contribution >= 0.6 is 34.2 Å². The quantitative estimate of drug-likeness (QED) is 0.466. The molecule has 1 aromatic rings. The van der Waals surface area contributed by atoms with E-state index in [1.165, 1.54) is 12.1 Å². The topological polar surface area (TPSA) is 17.1 Å². The zero-order chi connectivity index (χ0) is 10.0. The van der Waals surface area contributed by atoms with Crippen molar-refractivity contribution < 1.29 is 9.18 Å². The minimum Gasteiger partial charge on any atom is -0.293 e. The van der Waals surface area contributed by atoms with Crippen LogP contribution in [0.5, 0.6) is 0 Å². The van der Waals surface area contributed by atoms with Crippen LogP contribution in [-0.2, 0) is 0 Å². The maximum Gasteiger partial charge on any atom is 0.178 e. The van der Waals surface area contributed by atoms with Gasteiger partial charge in [-0.1, -0.05) is 0 Å². The van der Waals surface area contributed by atoms with Crippen molar-refractivity contribution in [3.05, 3.63) is 32.6 Å². The van der Waals surface area contributed by atoms with E-state index >= 15 is 0 Å². The molecular weight excluding hydrogens is 305 g/mol. The van der Waals surface area contributed by atoms with Gasteiger partial charge in [0.05, 0.1) is 5.88 Å². The Bertz CT molecular complexity index is 352. The van der Waals surface area contributed by atoms with Crippen LogP contribution in [0.25, 0.3) is 0 Å². The van der Waals surface area contributed by atoms with Crippen molar-refractivity contribution in [2.45, 2.75) is 6.92 Å². The number of hydrogen-bond donors (Lipinski definition) is 0. The van der Waals surface area contributed by atoms with Crippen LogP contribution in [0, 0.1) is 16.3 Å². The fourth-order valence-electron chi connectivity index (χ4n) is 0.949. The predicted octanol–water partition coefficient (Wildman–Crippen LogP) is 3.16. The molecule has 1 rings (SSSR count). The third-order valence-electron chi connectivity index (χ3n) is 1.74. The molecule has 4 heteroatoms. The summed E-state index contributed by atoms with van der Waals surface area (Å²) < 4.78 is 13.6. The fraction of sp³-hybridized carbons (Fsp3) is 0.222. The Morgan fingerprint density at radius 1 is 1.62 bits per heavy atom. The van der Waals surface area contributed by atoms with Crippen molar-refractivity contribution in [3.8, 4) is 0 Å². The maximum absolute atomic E-state index is 13.0. The van der Waals surface area contributed by atoms with Gasteiger partial charge in [-0.25, -0.2) is 4.39 Å². The zero-order valence-corrected chi connectivity index (χ0v) is 9.82. The van der Waals surface area contributed by atoms with Gasteiger partial charge in [0, 0.05) is 9.13 Å². The molecule has 0 aromatic heterocycles. The maximum atomic E-state index is 13.0. The summed E-state index contributed by atoms with van der Waals surface area (Å²) >= 11 is 7.35. The van der Waals surface area contributed by atoms with Gasteiger partial charge in [-0.2, -0.15) is 0 Å². The molecule has 1 nitrogen and oxygen atoms in total. The van der Waals surface area contributed by atoms with Crippen LogP contribution < -0.4 is 0 Å². The second kappa shape index (κ2) is 4.37. The van der Waals surface area contributed by atoms with Gasteiger partial charge in [0.15, 0.2) is 5.78 Å². The summed E-state index contributed by atoms with van der Waals surface area (Å²) in [5.41, 5.74) is 0.992. The number of ketones is 1. The Morgan fingerprint density at radius 3 is 2.77 bits per heavy atom. The first-order chi connectivity index (χ1) is 6.07. The highest BCUT2D eigenvalue weighted by molar-refractivity contribution is 14.1. The highest BCUT2D eigenvalue weighted by atomic mass is 127. The van der Waals surface area contributed by atoms with E-state index in [1.54, 1.807) is 6.92 Å². The molecule has 0 amide bonds. The van der Waals surface area contributed by atoms with Crippen LogP contribution in [0.2, 0.25) is 0 Å². The summed E-state index contributed by atoms with van der Waals surface area (Å²) in [6.07, 6.45) is 0. The molecule has 0 fully saturated rings. The number of Topliss-reactive ketones (excluding diaryl/α,β-unsaturated/α-hetero) is 1. The molecule has 0 aliphatic carbocycles. The SMILES string of the molecule is Cc1c(F)ccc(C(=O)CCl)c1I. The van der Waals surface area contributed by atoms with Gasteiger partial charge >= 0.3 is 0 Å².